The molecule has 0 fully saturated rings. The maximum Gasteiger partial charge on any atom is 0.0641 e. The molecule has 0 aliphatic heterocycles. The first-order valence-corrected chi connectivity index (χ1v) is 8.50. The molecule has 0 aliphatic carbocycles. The van der Waals surface area contributed by atoms with Crippen LogP contribution in [0.5, 0.6) is 0 Å². The van der Waals surface area contributed by atoms with Crippen molar-refractivity contribution in [2.24, 2.45) is 0 Å². The van der Waals surface area contributed by atoms with Gasteiger partial charge in [0.2, 0.25) is 0 Å². The van der Waals surface area contributed by atoms with Gasteiger partial charge in [0.1, 0.15) is 0 Å². The van der Waals surface area contributed by atoms with Gasteiger partial charge in [-0.15, -0.1) is 11.8 Å². The van der Waals surface area contributed by atoms with E-state index in [4.69, 9.17) is 0 Å². The molecule has 0 spiro atoms. The minimum Gasteiger partial charge on any atom is -0.310 e. The van der Waals surface area contributed by atoms with Crippen molar-refractivity contribution in [3.8, 4) is 0 Å². The fraction of sp³-hybridized carbons (Fsp3) is 0.471. The highest BCUT2D eigenvalue weighted by Gasteiger charge is 2.11. The number of aromatic nitrogens is 2. The summed E-state index contributed by atoms with van der Waals surface area (Å²) in [6.07, 6.45) is 0. The smallest absolute Gasteiger partial charge is 0.0641 e. The Bertz CT molecular complexity index is 561. The second-order valence-corrected chi connectivity index (χ2v) is 6.74. The minimum absolute atomic E-state index is 0.501. The molecule has 0 radical (unpaired) electrons. The molecule has 0 bridgehead atoms. The van der Waals surface area contributed by atoms with Crippen LogP contribution in [0.1, 0.15) is 30.8 Å². The Kier molecular flexibility index (Phi) is 5.88. The highest BCUT2D eigenvalue weighted by Crippen LogP contribution is 2.19. The Morgan fingerprint density at radius 1 is 1.19 bits per heavy atom. The summed E-state index contributed by atoms with van der Waals surface area (Å²) in [4.78, 5) is 1.32. The van der Waals surface area contributed by atoms with E-state index in [-0.39, 0.29) is 0 Å². The monoisotopic (exact) mass is 303 g/mol. The second-order valence-electron chi connectivity index (χ2n) is 5.57. The molecule has 0 unspecified atom stereocenters. The van der Waals surface area contributed by atoms with Crippen molar-refractivity contribution in [3.63, 3.8) is 0 Å². The molecule has 114 valence electrons. The van der Waals surface area contributed by atoms with Crippen molar-refractivity contribution in [2.75, 3.05) is 5.75 Å². The highest BCUT2D eigenvalue weighted by atomic mass is 32.2. The third kappa shape index (κ3) is 4.61. The first kappa shape index (κ1) is 16.1. The van der Waals surface area contributed by atoms with E-state index in [9.17, 15) is 0 Å². The highest BCUT2D eigenvalue weighted by molar-refractivity contribution is 7.99. The van der Waals surface area contributed by atoms with Crippen LogP contribution in [-0.2, 0) is 13.1 Å². The summed E-state index contributed by atoms with van der Waals surface area (Å²) >= 11 is 1.88. The van der Waals surface area contributed by atoms with E-state index in [1.165, 1.54) is 16.2 Å². The summed E-state index contributed by atoms with van der Waals surface area (Å²) in [6, 6.07) is 11.0. The molecule has 1 heterocycles. The predicted octanol–water partition coefficient (Wildman–Crippen LogP) is 3.79. The van der Waals surface area contributed by atoms with Crippen LogP contribution in [0.4, 0.5) is 0 Å². The van der Waals surface area contributed by atoms with Crippen LogP contribution in [0.25, 0.3) is 0 Å². The second kappa shape index (κ2) is 7.66. The van der Waals surface area contributed by atoms with Gasteiger partial charge < -0.3 is 5.32 Å². The van der Waals surface area contributed by atoms with Gasteiger partial charge in [-0.25, -0.2) is 0 Å². The summed E-state index contributed by atoms with van der Waals surface area (Å²) in [5.74, 6) is 1.04. The largest absolute Gasteiger partial charge is 0.310 e. The van der Waals surface area contributed by atoms with Crippen molar-refractivity contribution in [3.05, 3.63) is 47.3 Å². The van der Waals surface area contributed by atoms with E-state index in [0.717, 1.165) is 24.5 Å². The fourth-order valence-corrected chi connectivity index (χ4v) is 3.13. The maximum absolute atomic E-state index is 4.68. The van der Waals surface area contributed by atoms with Gasteiger partial charge in [-0.3, -0.25) is 4.68 Å². The van der Waals surface area contributed by atoms with Crippen molar-refractivity contribution in [1.82, 2.24) is 15.1 Å². The molecule has 2 rings (SSSR count). The predicted molar refractivity (Wildman–Crippen MR) is 90.8 cm³/mol. The molecule has 3 nitrogen and oxygen atoms in total. The molecule has 4 heteroatoms. The molecule has 2 aromatic rings. The molecule has 0 amide bonds. The Morgan fingerprint density at radius 3 is 2.57 bits per heavy atom. The number of hydrogen-bond donors (Lipinski definition) is 1. The third-order valence-electron chi connectivity index (χ3n) is 3.53. The van der Waals surface area contributed by atoms with E-state index in [1.54, 1.807) is 0 Å². The molecule has 1 aromatic heterocycles. The summed E-state index contributed by atoms with van der Waals surface area (Å²) in [5.41, 5.74) is 3.77. The fourth-order valence-electron chi connectivity index (χ4n) is 2.28. The Labute approximate surface area is 132 Å². The van der Waals surface area contributed by atoms with Gasteiger partial charge in [0, 0.05) is 34.5 Å². The van der Waals surface area contributed by atoms with Crippen LogP contribution in [-0.4, -0.2) is 21.6 Å². The van der Waals surface area contributed by atoms with Crippen LogP contribution < -0.4 is 5.32 Å². The quantitative estimate of drug-likeness (QED) is 0.789. The van der Waals surface area contributed by atoms with Gasteiger partial charge in [-0.05, 0) is 26.0 Å². The zero-order valence-electron chi connectivity index (χ0n) is 13.4. The van der Waals surface area contributed by atoms with E-state index in [0.29, 0.717) is 6.04 Å². The first-order valence-electron chi connectivity index (χ1n) is 7.52. The van der Waals surface area contributed by atoms with Gasteiger partial charge in [-0.1, -0.05) is 32.0 Å². The zero-order chi connectivity index (χ0) is 15.2. The minimum atomic E-state index is 0.501. The van der Waals surface area contributed by atoms with E-state index >= 15 is 0 Å². The number of thioether (sulfide) groups is 1. The molecule has 1 aromatic carbocycles. The Balaban J connectivity index is 1.93. The molecular formula is C17H25N3S. The molecule has 1 N–H and O–H groups in total. The lowest BCUT2D eigenvalue weighted by molar-refractivity contribution is 0.584. The van der Waals surface area contributed by atoms with Gasteiger partial charge in [0.15, 0.2) is 0 Å². The van der Waals surface area contributed by atoms with Crippen LogP contribution in [0.2, 0.25) is 0 Å². The molecule has 0 saturated carbocycles. The van der Waals surface area contributed by atoms with Crippen molar-refractivity contribution < 1.29 is 0 Å². The van der Waals surface area contributed by atoms with Crippen LogP contribution in [0.3, 0.4) is 0 Å². The molecule has 0 atom stereocenters. The van der Waals surface area contributed by atoms with E-state index < -0.39 is 0 Å². The van der Waals surface area contributed by atoms with Gasteiger partial charge in [0.25, 0.3) is 0 Å². The normalized spacial score (nSPS) is 11.3. The average molecular weight is 303 g/mol. The zero-order valence-corrected chi connectivity index (χ0v) is 14.2. The average Bonchev–Trinajstić information content (AvgIpc) is 2.72. The Morgan fingerprint density at radius 2 is 1.90 bits per heavy atom. The maximum atomic E-state index is 4.68. The molecule has 0 aliphatic rings. The number of nitrogens with one attached hydrogen (secondary N) is 1. The summed E-state index contributed by atoms with van der Waals surface area (Å²) in [6.45, 7) is 10.5. The molecule has 0 saturated heterocycles. The van der Waals surface area contributed by atoms with Crippen molar-refractivity contribution in [1.29, 1.82) is 0 Å². The lowest BCUT2D eigenvalue weighted by Gasteiger charge is -2.09. The standard InChI is InChI=1S/C17H25N3S/c1-13(2)18-12-17-14(3)19-20(15(17)4)10-11-21-16-8-6-5-7-9-16/h5-9,13,18H,10-12H2,1-4H3. The lowest BCUT2D eigenvalue weighted by Crippen LogP contribution is -2.22. The summed E-state index contributed by atoms with van der Waals surface area (Å²) in [7, 11) is 0. The number of benzene rings is 1. The van der Waals surface area contributed by atoms with Crippen LogP contribution in [0.15, 0.2) is 35.2 Å². The number of aryl methyl sites for hydroxylation is 2. The number of rotatable bonds is 7. The third-order valence-corrected chi connectivity index (χ3v) is 4.53. The first-order chi connectivity index (χ1) is 10.1. The van der Waals surface area contributed by atoms with Crippen LogP contribution in [0, 0.1) is 13.8 Å². The molecular weight excluding hydrogens is 278 g/mol. The number of nitrogens with zero attached hydrogens (tertiary/aromatic N) is 2. The van der Waals surface area contributed by atoms with Gasteiger partial charge >= 0.3 is 0 Å². The number of hydrogen-bond acceptors (Lipinski definition) is 3. The SMILES string of the molecule is Cc1nn(CCSc2ccccc2)c(C)c1CNC(C)C. The summed E-state index contributed by atoms with van der Waals surface area (Å²) in [5, 5.41) is 8.16. The van der Waals surface area contributed by atoms with Crippen molar-refractivity contribution >= 4 is 11.8 Å². The lowest BCUT2D eigenvalue weighted by atomic mass is 10.2. The Hall–Kier alpha value is -1.26. The molecule has 21 heavy (non-hydrogen) atoms. The van der Waals surface area contributed by atoms with Crippen LogP contribution >= 0.6 is 11.8 Å². The van der Waals surface area contributed by atoms with Crippen molar-refractivity contribution in [2.45, 2.75) is 51.7 Å². The van der Waals surface area contributed by atoms with E-state index in [1.807, 2.05) is 11.8 Å². The summed E-state index contributed by atoms with van der Waals surface area (Å²) < 4.78 is 2.14. The van der Waals surface area contributed by atoms with Gasteiger partial charge in [-0.2, -0.15) is 5.10 Å². The van der Waals surface area contributed by atoms with Gasteiger partial charge in [0.05, 0.1) is 12.2 Å². The van der Waals surface area contributed by atoms with E-state index in [2.05, 4.69) is 73.1 Å². The topological polar surface area (TPSA) is 29.9 Å².